The molecule has 0 aliphatic heterocycles. The zero-order chi connectivity index (χ0) is 19.5. The van der Waals surface area contributed by atoms with Crippen LogP contribution < -0.4 is 10.0 Å². The van der Waals surface area contributed by atoms with Gasteiger partial charge in [-0.15, -0.1) is 0 Å². The molecule has 5 nitrogen and oxygen atoms in total. The molecular formula is C20H26N2O3S. The number of anilines is 1. The Labute approximate surface area is 155 Å². The van der Waals surface area contributed by atoms with Gasteiger partial charge in [0.15, 0.2) is 0 Å². The predicted molar refractivity (Wildman–Crippen MR) is 105 cm³/mol. The van der Waals surface area contributed by atoms with Crippen molar-refractivity contribution in [2.45, 2.75) is 51.0 Å². The third-order valence-corrected chi connectivity index (χ3v) is 5.44. The Morgan fingerprint density at radius 2 is 1.65 bits per heavy atom. The van der Waals surface area contributed by atoms with Gasteiger partial charge in [-0.2, -0.15) is 0 Å². The van der Waals surface area contributed by atoms with Crippen molar-refractivity contribution in [3.63, 3.8) is 0 Å². The van der Waals surface area contributed by atoms with Crippen molar-refractivity contribution in [2.75, 3.05) is 5.32 Å². The van der Waals surface area contributed by atoms with Crippen molar-refractivity contribution in [3.8, 4) is 0 Å². The maximum Gasteiger partial charge on any atom is 0.255 e. The Kier molecular flexibility index (Phi) is 5.88. The van der Waals surface area contributed by atoms with Crippen LogP contribution in [0.5, 0.6) is 0 Å². The van der Waals surface area contributed by atoms with Gasteiger partial charge in [0.25, 0.3) is 5.91 Å². The molecule has 0 atom stereocenters. The highest BCUT2D eigenvalue weighted by Gasteiger charge is 2.20. The largest absolute Gasteiger partial charge is 0.322 e. The summed E-state index contributed by atoms with van der Waals surface area (Å²) in [6.07, 6.45) is 0. The average molecular weight is 375 g/mol. The zero-order valence-electron chi connectivity index (χ0n) is 15.8. The van der Waals surface area contributed by atoms with Crippen LogP contribution in [0, 0.1) is 0 Å². The number of sulfonamides is 1. The van der Waals surface area contributed by atoms with Gasteiger partial charge in [0, 0.05) is 17.3 Å². The molecule has 0 saturated carbocycles. The van der Waals surface area contributed by atoms with Crippen molar-refractivity contribution in [1.29, 1.82) is 0 Å². The molecule has 1 amide bonds. The summed E-state index contributed by atoms with van der Waals surface area (Å²) >= 11 is 0. The van der Waals surface area contributed by atoms with Crippen LogP contribution in [-0.4, -0.2) is 20.4 Å². The maximum absolute atomic E-state index is 12.7. The van der Waals surface area contributed by atoms with Crippen LogP contribution in [0.15, 0.2) is 53.4 Å². The molecule has 0 spiro atoms. The van der Waals surface area contributed by atoms with Crippen LogP contribution >= 0.6 is 0 Å². The first-order valence-corrected chi connectivity index (χ1v) is 10.0. The summed E-state index contributed by atoms with van der Waals surface area (Å²) in [7, 11) is -3.65. The monoisotopic (exact) mass is 374 g/mol. The summed E-state index contributed by atoms with van der Waals surface area (Å²) in [5, 5.41) is 2.90. The molecule has 2 aromatic rings. The minimum atomic E-state index is -3.65. The van der Waals surface area contributed by atoms with E-state index in [4.69, 9.17) is 0 Å². The Morgan fingerprint density at radius 1 is 1.00 bits per heavy atom. The summed E-state index contributed by atoms with van der Waals surface area (Å²) in [6.45, 7) is 9.71. The van der Waals surface area contributed by atoms with Gasteiger partial charge in [0.2, 0.25) is 10.0 Å². The van der Waals surface area contributed by atoms with Gasteiger partial charge in [0.1, 0.15) is 0 Å². The zero-order valence-corrected chi connectivity index (χ0v) is 16.6. The molecule has 2 N–H and O–H groups in total. The van der Waals surface area contributed by atoms with Crippen LogP contribution in [0.4, 0.5) is 5.69 Å². The quantitative estimate of drug-likeness (QED) is 0.833. The summed E-state index contributed by atoms with van der Waals surface area (Å²) in [4.78, 5) is 12.7. The average Bonchev–Trinajstić information content (AvgIpc) is 2.53. The van der Waals surface area contributed by atoms with Gasteiger partial charge < -0.3 is 5.32 Å². The molecule has 0 unspecified atom stereocenters. The minimum Gasteiger partial charge on any atom is -0.322 e. The molecule has 0 bridgehead atoms. The molecular weight excluding hydrogens is 348 g/mol. The van der Waals surface area contributed by atoms with Gasteiger partial charge >= 0.3 is 0 Å². The molecule has 0 radical (unpaired) electrons. The first-order chi connectivity index (χ1) is 12.0. The number of carbonyl (C=O) groups excluding carboxylic acids is 1. The second-order valence-corrected chi connectivity index (χ2v) is 9.27. The first-order valence-electron chi connectivity index (χ1n) is 8.54. The van der Waals surface area contributed by atoms with E-state index in [1.165, 1.54) is 12.1 Å². The molecule has 0 aliphatic rings. The van der Waals surface area contributed by atoms with Crippen molar-refractivity contribution >= 4 is 21.6 Å². The SMILES string of the molecule is CC(C)NS(=O)(=O)c1cccc(C(=O)Nc2ccccc2C(C)(C)C)c1. The van der Waals surface area contributed by atoms with Gasteiger partial charge in [0.05, 0.1) is 4.90 Å². The summed E-state index contributed by atoms with van der Waals surface area (Å²) < 4.78 is 27.2. The molecule has 2 aromatic carbocycles. The molecule has 0 aromatic heterocycles. The lowest BCUT2D eigenvalue weighted by atomic mass is 9.86. The van der Waals surface area contributed by atoms with E-state index in [0.29, 0.717) is 5.56 Å². The molecule has 2 rings (SSSR count). The predicted octanol–water partition coefficient (Wildman–Crippen LogP) is 3.92. The fraction of sp³-hybridized carbons (Fsp3) is 0.350. The van der Waals surface area contributed by atoms with Crippen LogP contribution in [0.2, 0.25) is 0 Å². The highest BCUT2D eigenvalue weighted by Crippen LogP contribution is 2.29. The van der Waals surface area contributed by atoms with Crippen molar-refractivity contribution in [1.82, 2.24) is 4.72 Å². The minimum absolute atomic E-state index is 0.0722. The van der Waals surface area contributed by atoms with E-state index in [1.807, 2.05) is 24.3 Å². The molecule has 140 valence electrons. The van der Waals surface area contributed by atoms with Crippen LogP contribution in [0.25, 0.3) is 0 Å². The lowest BCUT2D eigenvalue weighted by Gasteiger charge is -2.23. The van der Waals surface area contributed by atoms with Gasteiger partial charge in [-0.3, -0.25) is 4.79 Å². The van der Waals surface area contributed by atoms with E-state index in [2.05, 4.69) is 30.8 Å². The topological polar surface area (TPSA) is 75.3 Å². The third kappa shape index (κ3) is 4.93. The molecule has 0 fully saturated rings. The van der Waals surface area contributed by atoms with E-state index in [-0.39, 0.29) is 22.3 Å². The summed E-state index contributed by atoms with van der Waals surface area (Å²) in [6, 6.07) is 13.4. The Bertz CT molecular complexity index is 897. The highest BCUT2D eigenvalue weighted by molar-refractivity contribution is 7.89. The molecule has 0 saturated heterocycles. The van der Waals surface area contributed by atoms with E-state index in [1.54, 1.807) is 26.0 Å². The number of hydrogen-bond donors (Lipinski definition) is 2. The Balaban J connectivity index is 2.32. The summed E-state index contributed by atoms with van der Waals surface area (Å²) in [5.74, 6) is -0.344. The highest BCUT2D eigenvalue weighted by atomic mass is 32.2. The van der Waals surface area contributed by atoms with Crippen molar-refractivity contribution in [3.05, 3.63) is 59.7 Å². The van der Waals surface area contributed by atoms with Crippen LogP contribution in [0.1, 0.15) is 50.5 Å². The number of carbonyl (C=O) groups is 1. The van der Waals surface area contributed by atoms with E-state index < -0.39 is 10.0 Å². The number of benzene rings is 2. The third-order valence-electron chi connectivity index (χ3n) is 3.78. The van der Waals surface area contributed by atoms with Gasteiger partial charge in [-0.25, -0.2) is 13.1 Å². The van der Waals surface area contributed by atoms with Gasteiger partial charge in [-0.1, -0.05) is 45.0 Å². The second kappa shape index (κ2) is 7.60. The number of nitrogens with one attached hydrogen (secondary N) is 2. The fourth-order valence-electron chi connectivity index (χ4n) is 2.62. The molecule has 6 heteroatoms. The molecule has 0 heterocycles. The Morgan fingerprint density at radius 3 is 2.27 bits per heavy atom. The maximum atomic E-state index is 12.7. The van der Waals surface area contributed by atoms with E-state index in [9.17, 15) is 13.2 Å². The van der Waals surface area contributed by atoms with Crippen molar-refractivity contribution < 1.29 is 13.2 Å². The number of hydrogen-bond acceptors (Lipinski definition) is 3. The number of amides is 1. The van der Waals surface area contributed by atoms with Crippen molar-refractivity contribution in [2.24, 2.45) is 0 Å². The first kappa shape index (κ1) is 20.1. The Hall–Kier alpha value is -2.18. The van der Waals surface area contributed by atoms with E-state index in [0.717, 1.165) is 11.3 Å². The van der Waals surface area contributed by atoms with Crippen LogP contribution in [-0.2, 0) is 15.4 Å². The van der Waals surface area contributed by atoms with Crippen LogP contribution in [0.3, 0.4) is 0 Å². The molecule has 0 aliphatic carbocycles. The van der Waals surface area contributed by atoms with Gasteiger partial charge in [-0.05, 0) is 49.1 Å². The smallest absolute Gasteiger partial charge is 0.255 e. The number of para-hydroxylation sites is 1. The standard InChI is InChI=1S/C20H26N2O3S/c1-14(2)22-26(24,25)16-10-8-9-15(13-16)19(23)21-18-12-7-6-11-17(18)20(3,4)5/h6-14,22H,1-5H3,(H,21,23). The summed E-state index contributed by atoms with van der Waals surface area (Å²) in [5.41, 5.74) is 1.90. The normalized spacial score (nSPS) is 12.2. The lowest BCUT2D eigenvalue weighted by molar-refractivity contribution is 0.102. The second-order valence-electron chi connectivity index (χ2n) is 7.55. The lowest BCUT2D eigenvalue weighted by Crippen LogP contribution is -2.30. The number of rotatable bonds is 5. The fourth-order valence-corrected chi connectivity index (χ4v) is 3.92. The van der Waals surface area contributed by atoms with E-state index >= 15 is 0 Å². The molecule has 26 heavy (non-hydrogen) atoms.